The largest absolute Gasteiger partial charge is 0.444 e. The Morgan fingerprint density at radius 1 is 1.11 bits per heavy atom. The van der Waals surface area contributed by atoms with Crippen LogP contribution < -0.4 is 14.8 Å². The number of amides is 1. The molecule has 4 heterocycles. The second-order valence-electron chi connectivity index (χ2n) is 11.2. The number of nitrogens with one attached hydrogen (secondary N) is 2. The van der Waals surface area contributed by atoms with Crippen LogP contribution in [0.5, 0.6) is 11.6 Å². The first-order chi connectivity index (χ1) is 21.2. The van der Waals surface area contributed by atoms with Crippen molar-refractivity contribution in [3.8, 4) is 22.2 Å². The van der Waals surface area contributed by atoms with Crippen LogP contribution in [0, 0.1) is 6.92 Å². The van der Waals surface area contributed by atoms with Gasteiger partial charge < -0.3 is 19.7 Å². The van der Waals surface area contributed by atoms with Crippen molar-refractivity contribution in [1.82, 2.24) is 24.8 Å². The van der Waals surface area contributed by atoms with Crippen molar-refractivity contribution in [1.29, 1.82) is 0 Å². The van der Waals surface area contributed by atoms with Crippen LogP contribution in [0.1, 0.15) is 32.2 Å². The number of carbonyl (C=O) groups is 1. The van der Waals surface area contributed by atoms with E-state index in [1.165, 1.54) is 53.0 Å². The van der Waals surface area contributed by atoms with Crippen molar-refractivity contribution in [3.63, 3.8) is 0 Å². The number of fused-ring (bicyclic) bond motifs is 1. The summed E-state index contributed by atoms with van der Waals surface area (Å²) < 4.78 is 77.7. The summed E-state index contributed by atoms with van der Waals surface area (Å²) in [4.78, 5) is 31.8. The third-order valence-corrected chi connectivity index (χ3v) is 8.40. The van der Waals surface area contributed by atoms with Crippen LogP contribution >= 0.6 is 11.3 Å². The molecule has 2 atom stereocenters. The normalized spacial score (nSPS) is 17.4. The quantitative estimate of drug-likeness (QED) is 0.231. The Kier molecular flexibility index (Phi) is 9.02. The first kappa shape index (κ1) is 32.2. The third-order valence-electron chi connectivity index (χ3n) is 6.45. The second kappa shape index (κ2) is 12.6. The highest BCUT2D eigenvalue weighted by Gasteiger charge is 2.33. The molecule has 1 aliphatic rings. The minimum absolute atomic E-state index is 0.0651. The molecule has 1 fully saturated rings. The molecular formula is C28H30F3N7O5S2. The summed E-state index contributed by atoms with van der Waals surface area (Å²) in [6, 6.07) is 5.38. The standard InChI is InChI=1S/C28H30F3N7O5S2/c1-15-34-24(42-22-6-5-20(37-45(40,41)25(30)31)18-7-9-32-12-19(18)22)23(44-15)21-8-10-33-26(36-21)35-17-11-16(29)13-38(14-17)27(39)43-28(2,3)4/h5-10,12,16-17,25,37H,11,13-14H2,1-4H3,(H,33,35,36)/t16-,17-/m0/s1. The summed E-state index contributed by atoms with van der Waals surface area (Å²) in [7, 11) is -4.91. The van der Waals surface area contributed by atoms with E-state index in [1.54, 1.807) is 33.8 Å². The number of likely N-dealkylation sites (tertiary alicyclic amines) is 1. The van der Waals surface area contributed by atoms with E-state index in [0.717, 1.165) is 0 Å². The van der Waals surface area contributed by atoms with Gasteiger partial charge in [-0.15, -0.1) is 11.3 Å². The fraction of sp³-hybridized carbons (Fsp3) is 0.393. The lowest BCUT2D eigenvalue weighted by molar-refractivity contribution is 0.0124. The molecule has 0 aliphatic carbocycles. The number of sulfonamides is 1. The molecule has 5 rings (SSSR count). The van der Waals surface area contributed by atoms with E-state index in [4.69, 9.17) is 9.47 Å². The molecule has 0 spiro atoms. The fourth-order valence-corrected chi connectivity index (χ4v) is 6.03. The summed E-state index contributed by atoms with van der Waals surface area (Å²) >= 11 is 1.30. The molecular weight excluding hydrogens is 635 g/mol. The predicted molar refractivity (Wildman–Crippen MR) is 163 cm³/mol. The Labute approximate surface area is 261 Å². The molecule has 1 aliphatic heterocycles. The van der Waals surface area contributed by atoms with Gasteiger partial charge in [-0.1, -0.05) is 0 Å². The summed E-state index contributed by atoms with van der Waals surface area (Å²) in [5.41, 5.74) is -0.331. The number of nitrogens with zero attached hydrogens (tertiary/aromatic N) is 5. The van der Waals surface area contributed by atoms with Gasteiger partial charge in [-0.25, -0.2) is 32.6 Å². The maximum absolute atomic E-state index is 14.6. The lowest BCUT2D eigenvalue weighted by atomic mass is 10.0. The molecule has 3 aromatic heterocycles. The van der Waals surface area contributed by atoms with Crippen LogP contribution in [0.15, 0.2) is 42.9 Å². The van der Waals surface area contributed by atoms with Crippen LogP contribution in [-0.2, 0) is 14.8 Å². The summed E-state index contributed by atoms with van der Waals surface area (Å²) in [5.74, 6) is -2.97. The molecule has 240 valence electrons. The van der Waals surface area contributed by atoms with Crippen LogP contribution in [-0.4, -0.2) is 76.0 Å². The number of piperidine rings is 1. The minimum Gasteiger partial charge on any atom is -0.444 e. The zero-order valence-electron chi connectivity index (χ0n) is 24.6. The van der Waals surface area contributed by atoms with Crippen molar-refractivity contribution in [2.24, 2.45) is 0 Å². The number of hydrogen-bond acceptors (Lipinski definition) is 11. The Morgan fingerprint density at radius 3 is 2.62 bits per heavy atom. The van der Waals surface area contributed by atoms with Gasteiger partial charge in [0.1, 0.15) is 22.4 Å². The van der Waals surface area contributed by atoms with E-state index in [2.05, 4.69) is 25.3 Å². The number of thiazole rings is 1. The molecule has 12 nitrogen and oxygen atoms in total. The summed E-state index contributed by atoms with van der Waals surface area (Å²) in [5, 5.41) is 4.40. The number of anilines is 2. The van der Waals surface area contributed by atoms with Gasteiger partial charge in [-0.05, 0) is 52.0 Å². The van der Waals surface area contributed by atoms with Gasteiger partial charge in [0.05, 0.1) is 22.9 Å². The lowest BCUT2D eigenvalue weighted by Crippen LogP contribution is -2.51. The van der Waals surface area contributed by atoms with Gasteiger partial charge in [-0.2, -0.15) is 8.78 Å². The second-order valence-corrected chi connectivity index (χ2v) is 14.1. The number of benzene rings is 1. The number of hydrogen-bond donors (Lipinski definition) is 2. The molecule has 1 aromatic carbocycles. The highest BCUT2D eigenvalue weighted by Crippen LogP contribution is 2.40. The summed E-state index contributed by atoms with van der Waals surface area (Å²) in [6.07, 6.45) is 2.61. The topological polar surface area (TPSA) is 149 Å². The number of halogens is 3. The number of aryl methyl sites for hydroxylation is 1. The van der Waals surface area contributed by atoms with Crippen LogP contribution in [0.25, 0.3) is 21.3 Å². The minimum atomic E-state index is -4.91. The molecule has 0 saturated carbocycles. The maximum Gasteiger partial charge on any atom is 0.410 e. The first-order valence-electron chi connectivity index (χ1n) is 13.7. The predicted octanol–water partition coefficient (Wildman–Crippen LogP) is 5.97. The molecule has 0 bridgehead atoms. The monoisotopic (exact) mass is 665 g/mol. The third kappa shape index (κ3) is 7.70. The van der Waals surface area contributed by atoms with Gasteiger partial charge in [-0.3, -0.25) is 9.71 Å². The molecule has 4 aromatic rings. The molecule has 1 amide bonds. The smallest absolute Gasteiger partial charge is 0.410 e. The van der Waals surface area contributed by atoms with E-state index in [0.29, 0.717) is 21.0 Å². The molecule has 1 saturated heterocycles. The Balaban J connectivity index is 1.38. The molecule has 2 N–H and O–H groups in total. The van der Waals surface area contributed by atoms with E-state index < -0.39 is 39.7 Å². The van der Waals surface area contributed by atoms with Crippen molar-refractivity contribution in [2.75, 3.05) is 23.1 Å². The fourth-order valence-electron chi connectivity index (χ4n) is 4.64. The highest BCUT2D eigenvalue weighted by molar-refractivity contribution is 7.93. The van der Waals surface area contributed by atoms with Crippen molar-refractivity contribution >= 4 is 49.9 Å². The Hall–Kier alpha value is -4.25. The zero-order chi connectivity index (χ0) is 32.5. The van der Waals surface area contributed by atoms with Gasteiger partial charge in [0, 0.05) is 48.4 Å². The number of carbonyl (C=O) groups excluding carboxylic acids is 1. The van der Waals surface area contributed by atoms with Gasteiger partial charge in [0.25, 0.3) is 10.0 Å². The van der Waals surface area contributed by atoms with Gasteiger partial charge >= 0.3 is 11.9 Å². The number of rotatable bonds is 8. The molecule has 17 heteroatoms. The summed E-state index contributed by atoms with van der Waals surface area (Å²) in [6.45, 7) is 7.12. The van der Waals surface area contributed by atoms with Crippen molar-refractivity contribution < 1.29 is 35.9 Å². The van der Waals surface area contributed by atoms with Crippen molar-refractivity contribution in [2.45, 2.75) is 57.7 Å². The molecule has 0 radical (unpaired) electrons. The Morgan fingerprint density at radius 2 is 1.89 bits per heavy atom. The number of alkyl halides is 3. The first-order valence-corrected chi connectivity index (χ1v) is 16.1. The van der Waals surface area contributed by atoms with E-state index >= 15 is 0 Å². The van der Waals surface area contributed by atoms with E-state index in [-0.39, 0.29) is 48.2 Å². The number of ether oxygens (including phenoxy) is 2. The average Bonchev–Trinajstić information content (AvgIpc) is 3.33. The van der Waals surface area contributed by atoms with E-state index in [1.807, 2.05) is 4.72 Å². The van der Waals surface area contributed by atoms with Crippen LogP contribution in [0.3, 0.4) is 0 Å². The highest BCUT2D eigenvalue weighted by atomic mass is 32.2. The number of pyridine rings is 1. The zero-order valence-corrected chi connectivity index (χ0v) is 26.3. The average molecular weight is 666 g/mol. The van der Waals surface area contributed by atoms with Crippen molar-refractivity contribution in [3.05, 3.63) is 47.9 Å². The van der Waals surface area contributed by atoms with E-state index in [9.17, 15) is 26.4 Å². The SMILES string of the molecule is Cc1nc(Oc2ccc(NS(=O)(=O)C(F)F)c3ccncc23)c(-c2ccnc(N[C@H]3C[C@H](F)CN(C(=O)OC(C)(C)C)C3)n2)s1. The maximum atomic E-state index is 14.6. The lowest BCUT2D eigenvalue weighted by Gasteiger charge is -2.36. The molecule has 45 heavy (non-hydrogen) atoms. The molecule has 0 unspecified atom stereocenters. The van der Waals surface area contributed by atoms with Gasteiger partial charge in [0.2, 0.25) is 11.8 Å². The Bertz CT molecular complexity index is 1820. The van der Waals surface area contributed by atoms with Gasteiger partial charge in [0.15, 0.2) is 0 Å². The number of aromatic nitrogens is 4. The van der Waals surface area contributed by atoms with Crippen LogP contribution in [0.4, 0.5) is 29.6 Å². The van der Waals surface area contributed by atoms with Crippen LogP contribution in [0.2, 0.25) is 0 Å².